The number of hydrogen-bond acceptors (Lipinski definition) is 2. The maximum absolute atomic E-state index is 11.9. The van der Waals surface area contributed by atoms with Crippen molar-refractivity contribution in [3.05, 3.63) is 0 Å². The van der Waals surface area contributed by atoms with E-state index in [0.29, 0.717) is 6.42 Å². The Labute approximate surface area is 80.3 Å². The zero-order valence-electron chi connectivity index (χ0n) is 8.68. The average Bonchev–Trinajstić information content (AvgIpc) is 2.18. The van der Waals surface area contributed by atoms with Gasteiger partial charge in [-0.1, -0.05) is 6.92 Å². The molecule has 0 aliphatic carbocycles. The lowest BCUT2D eigenvalue weighted by Gasteiger charge is -2.33. The highest BCUT2D eigenvalue weighted by Crippen LogP contribution is 2.15. The van der Waals surface area contributed by atoms with Crippen LogP contribution in [-0.2, 0) is 4.79 Å². The van der Waals surface area contributed by atoms with Crippen molar-refractivity contribution in [3.8, 4) is 0 Å². The summed E-state index contributed by atoms with van der Waals surface area (Å²) in [6, 6.07) is 0. The zero-order valence-corrected chi connectivity index (χ0v) is 8.68. The van der Waals surface area contributed by atoms with Crippen LogP contribution in [0, 0.1) is 0 Å². The molecule has 76 valence electrons. The number of piperidine rings is 1. The van der Waals surface area contributed by atoms with Gasteiger partial charge in [0.05, 0.1) is 5.54 Å². The van der Waals surface area contributed by atoms with Crippen LogP contribution in [0.4, 0.5) is 0 Å². The lowest BCUT2D eigenvalue weighted by atomic mass is 9.97. The summed E-state index contributed by atoms with van der Waals surface area (Å²) in [4.78, 5) is 13.8. The minimum Gasteiger partial charge on any atom is -0.341 e. The number of carbonyl (C=O) groups is 1. The van der Waals surface area contributed by atoms with Crippen molar-refractivity contribution >= 4 is 5.91 Å². The monoisotopic (exact) mass is 184 g/mol. The van der Waals surface area contributed by atoms with Gasteiger partial charge in [-0.15, -0.1) is 0 Å². The lowest BCUT2D eigenvalue weighted by Crippen LogP contribution is -2.54. The van der Waals surface area contributed by atoms with Crippen molar-refractivity contribution in [2.75, 3.05) is 13.1 Å². The lowest BCUT2D eigenvalue weighted by molar-refractivity contribution is -0.137. The van der Waals surface area contributed by atoms with Gasteiger partial charge < -0.3 is 10.6 Å². The fourth-order valence-electron chi connectivity index (χ4n) is 1.61. The highest BCUT2D eigenvalue weighted by Gasteiger charge is 2.31. The first-order valence-electron chi connectivity index (χ1n) is 5.16. The van der Waals surface area contributed by atoms with E-state index in [0.717, 1.165) is 25.9 Å². The van der Waals surface area contributed by atoms with E-state index < -0.39 is 5.54 Å². The molecule has 1 atom stereocenters. The first kappa shape index (κ1) is 10.5. The third kappa shape index (κ3) is 2.44. The Kier molecular flexibility index (Phi) is 3.31. The normalized spacial score (nSPS) is 22.5. The molecule has 3 heteroatoms. The molecule has 0 saturated carbocycles. The molecular weight excluding hydrogens is 164 g/mol. The number of nitrogens with two attached hydrogens (primary N) is 1. The predicted molar refractivity (Wildman–Crippen MR) is 53.3 cm³/mol. The molecule has 0 radical (unpaired) electrons. The van der Waals surface area contributed by atoms with E-state index in [9.17, 15) is 4.79 Å². The Hall–Kier alpha value is -0.570. The van der Waals surface area contributed by atoms with Gasteiger partial charge >= 0.3 is 0 Å². The topological polar surface area (TPSA) is 46.3 Å². The van der Waals surface area contributed by atoms with E-state index in [1.165, 1.54) is 6.42 Å². The third-order valence-corrected chi connectivity index (χ3v) is 2.87. The van der Waals surface area contributed by atoms with Crippen LogP contribution >= 0.6 is 0 Å². The molecule has 0 spiro atoms. The van der Waals surface area contributed by atoms with Crippen molar-refractivity contribution in [1.29, 1.82) is 0 Å². The van der Waals surface area contributed by atoms with Crippen LogP contribution in [0.3, 0.4) is 0 Å². The summed E-state index contributed by atoms with van der Waals surface area (Å²) < 4.78 is 0. The second-order valence-electron chi connectivity index (χ2n) is 4.12. The van der Waals surface area contributed by atoms with Gasteiger partial charge in [-0.25, -0.2) is 0 Å². The van der Waals surface area contributed by atoms with E-state index in [2.05, 4.69) is 0 Å². The molecule has 1 saturated heterocycles. The number of amides is 1. The van der Waals surface area contributed by atoms with Crippen molar-refractivity contribution in [2.24, 2.45) is 5.73 Å². The first-order valence-corrected chi connectivity index (χ1v) is 5.16. The van der Waals surface area contributed by atoms with Gasteiger partial charge in [0, 0.05) is 13.1 Å². The molecule has 1 amide bonds. The van der Waals surface area contributed by atoms with E-state index in [4.69, 9.17) is 5.73 Å². The molecule has 0 aromatic rings. The quantitative estimate of drug-likeness (QED) is 0.699. The minimum atomic E-state index is -0.655. The summed E-state index contributed by atoms with van der Waals surface area (Å²) >= 11 is 0. The molecule has 1 aliphatic rings. The summed E-state index contributed by atoms with van der Waals surface area (Å²) in [7, 11) is 0. The van der Waals surface area contributed by atoms with Gasteiger partial charge in [0.25, 0.3) is 0 Å². The summed E-state index contributed by atoms with van der Waals surface area (Å²) in [6.07, 6.45) is 4.22. The molecule has 1 fully saturated rings. The third-order valence-electron chi connectivity index (χ3n) is 2.87. The molecule has 3 nitrogen and oxygen atoms in total. The summed E-state index contributed by atoms with van der Waals surface area (Å²) in [5.41, 5.74) is 5.24. The van der Waals surface area contributed by atoms with E-state index in [1.807, 2.05) is 18.7 Å². The van der Waals surface area contributed by atoms with Crippen molar-refractivity contribution in [3.63, 3.8) is 0 Å². The minimum absolute atomic E-state index is 0.120. The van der Waals surface area contributed by atoms with Gasteiger partial charge in [-0.2, -0.15) is 0 Å². The van der Waals surface area contributed by atoms with Gasteiger partial charge in [-0.05, 0) is 32.6 Å². The molecule has 1 rings (SSSR count). The second kappa shape index (κ2) is 4.09. The Morgan fingerprint density at radius 1 is 1.38 bits per heavy atom. The summed E-state index contributed by atoms with van der Waals surface area (Å²) in [5, 5.41) is 0. The van der Waals surface area contributed by atoms with Gasteiger partial charge in [0.2, 0.25) is 5.91 Å². The van der Waals surface area contributed by atoms with Crippen molar-refractivity contribution in [1.82, 2.24) is 4.90 Å². The van der Waals surface area contributed by atoms with E-state index in [1.54, 1.807) is 0 Å². The highest BCUT2D eigenvalue weighted by atomic mass is 16.2. The Balaban J connectivity index is 2.55. The van der Waals surface area contributed by atoms with E-state index in [-0.39, 0.29) is 5.91 Å². The van der Waals surface area contributed by atoms with Crippen molar-refractivity contribution in [2.45, 2.75) is 45.1 Å². The van der Waals surface area contributed by atoms with Crippen LogP contribution in [0.2, 0.25) is 0 Å². The van der Waals surface area contributed by atoms with Crippen LogP contribution in [0.25, 0.3) is 0 Å². The van der Waals surface area contributed by atoms with Crippen LogP contribution in [-0.4, -0.2) is 29.4 Å². The molecular formula is C10H20N2O. The fraction of sp³-hybridized carbons (Fsp3) is 0.900. The molecule has 13 heavy (non-hydrogen) atoms. The van der Waals surface area contributed by atoms with Crippen LogP contribution in [0.1, 0.15) is 39.5 Å². The Morgan fingerprint density at radius 3 is 2.38 bits per heavy atom. The number of hydrogen-bond donors (Lipinski definition) is 1. The molecule has 0 bridgehead atoms. The number of nitrogens with zero attached hydrogens (tertiary/aromatic N) is 1. The van der Waals surface area contributed by atoms with Gasteiger partial charge in [0.1, 0.15) is 0 Å². The van der Waals surface area contributed by atoms with Crippen LogP contribution in [0.5, 0.6) is 0 Å². The molecule has 0 aromatic heterocycles. The molecule has 2 N–H and O–H groups in total. The molecule has 0 aromatic carbocycles. The summed E-state index contributed by atoms with van der Waals surface area (Å²) in [6.45, 7) is 5.57. The number of rotatable bonds is 2. The fourth-order valence-corrected chi connectivity index (χ4v) is 1.61. The predicted octanol–water partition coefficient (Wildman–Crippen LogP) is 1.13. The number of likely N-dealkylation sites (tertiary alicyclic amines) is 1. The maximum Gasteiger partial charge on any atom is 0.242 e. The van der Waals surface area contributed by atoms with Crippen LogP contribution in [0.15, 0.2) is 0 Å². The smallest absolute Gasteiger partial charge is 0.242 e. The second-order valence-corrected chi connectivity index (χ2v) is 4.12. The standard InChI is InChI=1S/C10H20N2O/c1-3-10(2,11)9(13)12-7-5-4-6-8-12/h3-8,11H2,1-2H3. The zero-order chi connectivity index (χ0) is 9.90. The molecule has 1 aliphatic heterocycles. The van der Waals surface area contributed by atoms with Crippen molar-refractivity contribution < 1.29 is 4.79 Å². The maximum atomic E-state index is 11.9. The number of carbonyl (C=O) groups excluding carboxylic acids is 1. The average molecular weight is 184 g/mol. The summed E-state index contributed by atoms with van der Waals surface area (Å²) in [5.74, 6) is 0.120. The Morgan fingerprint density at radius 2 is 1.92 bits per heavy atom. The highest BCUT2D eigenvalue weighted by molar-refractivity contribution is 5.85. The first-order chi connectivity index (χ1) is 6.08. The largest absolute Gasteiger partial charge is 0.341 e. The van der Waals surface area contributed by atoms with Crippen LogP contribution < -0.4 is 5.73 Å². The van der Waals surface area contributed by atoms with Gasteiger partial charge in [0.15, 0.2) is 0 Å². The molecule has 1 heterocycles. The Bertz CT molecular complexity index is 183. The van der Waals surface area contributed by atoms with E-state index >= 15 is 0 Å². The molecule has 1 unspecified atom stereocenters. The van der Waals surface area contributed by atoms with Gasteiger partial charge in [-0.3, -0.25) is 4.79 Å². The SMILES string of the molecule is CCC(C)(N)C(=O)N1CCCCC1.